The molecule has 0 aromatic carbocycles. The number of aliphatic hydroxyl groups excluding tert-OH is 1. The molecule has 3 rings (SSSR count). The van der Waals surface area contributed by atoms with E-state index >= 15 is 0 Å². The summed E-state index contributed by atoms with van der Waals surface area (Å²) in [5.74, 6) is 0.0798. The van der Waals surface area contributed by atoms with Crippen LogP contribution in [0.3, 0.4) is 0 Å². The molecule has 0 radical (unpaired) electrons. The molecular formula is C10H13FN5O7P. The number of imidazole rings is 1. The zero-order valence-electron chi connectivity index (χ0n) is 11.8. The van der Waals surface area contributed by atoms with E-state index in [2.05, 4.69) is 24.4 Å². The van der Waals surface area contributed by atoms with Gasteiger partial charge >= 0.3 is 7.82 Å². The molecule has 14 heteroatoms. The van der Waals surface area contributed by atoms with Crippen molar-refractivity contribution in [3.8, 4) is 0 Å². The smallest absolute Gasteiger partial charge is 0.394 e. The Balaban J connectivity index is 2.00. The summed E-state index contributed by atoms with van der Waals surface area (Å²) in [4.78, 5) is 33.4. The molecule has 132 valence electrons. The van der Waals surface area contributed by atoms with Gasteiger partial charge < -0.3 is 25.4 Å². The van der Waals surface area contributed by atoms with Gasteiger partial charge in [-0.15, -0.1) is 0 Å². The summed E-state index contributed by atoms with van der Waals surface area (Å²) in [6, 6.07) is 0. The highest BCUT2D eigenvalue weighted by atomic mass is 31.2. The monoisotopic (exact) mass is 365 g/mol. The van der Waals surface area contributed by atoms with Gasteiger partial charge in [0.2, 0.25) is 0 Å². The second kappa shape index (κ2) is 6.29. The molecule has 0 unspecified atom stereocenters. The quantitative estimate of drug-likeness (QED) is 0.480. The number of hydrogen-bond donors (Lipinski definition) is 4. The summed E-state index contributed by atoms with van der Waals surface area (Å²) in [5, 5.41) is 9.31. The van der Waals surface area contributed by atoms with Crippen molar-refractivity contribution in [2.75, 3.05) is 12.3 Å². The van der Waals surface area contributed by atoms with Crippen molar-refractivity contribution in [3.63, 3.8) is 0 Å². The first-order chi connectivity index (χ1) is 11.4. The molecule has 3 heterocycles. The van der Waals surface area contributed by atoms with Crippen LogP contribution in [0.2, 0.25) is 0 Å². The van der Waals surface area contributed by atoms with Crippen molar-refractivity contribution in [2.45, 2.75) is 24.5 Å². The van der Waals surface area contributed by atoms with Crippen LogP contribution in [0.4, 0.5) is 10.3 Å². The molecule has 1 aliphatic rings. The number of rotatable bonds is 5. The maximum absolute atomic E-state index is 13.1. The maximum Gasteiger partial charge on any atom is 0.470 e. The zero-order chi connectivity index (χ0) is 17.5. The summed E-state index contributed by atoms with van der Waals surface area (Å²) >= 11 is 0. The molecule has 24 heavy (non-hydrogen) atoms. The van der Waals surface area contributed by atoms with Crippen LogP contribution >= 0.6 is 7.82 Å². The second-order valence-corrected chi connectivity index (χ2v) is 6.14. The fourth-order valence-corrected chi connectivity index (χ4v) is 3.09. The Morgan fingerprint density at radius 1 is 1.38 bits per heavy atom. The second-order valence-electron chi connectivity index (χ2n) is 4.94. The van der Waals surface area contributed by atoms with E-state index in [1.807, 2.05) is 0 Å². The Kier molecular flexibility index (Phi) is 4.48. The highest BCUT2D eigenvalue weighted by Gasteiger charge is 2.51. The van der Waals surface area contributed by atoms with E-state index in [1.165, 1.54) is 10.9 Å². The average Bonchev–Trinajstić information content (AvgIpc) is 3.07. The minimum Gasteiger partial charge on any atom is -0.394 e. The molecule has 5 N–H and O–H groups in total. The highest BCUT2D eigenvalue weighted by molar-refractivity contribution is 7.46. The molecule has 1 aliphatic heterocycles. The minimum absolute atomic E-state index is 0.0798. The van der Waals surface area contributed by atoms with E-state index in [0.717, 1.165) is 6.33 Å². The van der Waals surface area contributed by atoms with Crippen molar-refractivity contribution in [1.82, 2.24) is 19.5 Å². The van der Waals surface area contributed by atoms with Crippen LogP contribution in [0, 0.1) is 0 Å². The number of phosphoric acid groups is 1. The number of hydrogen-bond acceptors (Lipinski definition) is 9. The zero-order valence-corrected chi connectivity index (χ0v) is 12.7. The van der Waals surface area contributed by atoms with Gasteiger partial charge in [0.05, 0.1) is 12.9 Å². The third kappa shape index (κ3) is 2.98. The van der Waals surface area contributed by atoms with Crippen LogP contribution in [0.1, 0.15) is 6.23 Å². The molecule has 0 spiro atoms. The van der Waals surface area contributed by atoms with E-state index in [0.29, 0.717) is 0 Å². The van der Waals surface area contributed by atoms with E-state index in [4.69, 9.17) is 20.3 Å². The van der Waals surface area contributed by atoms with Crippen LogP contribution < -0.4 is 5.73 Å². The molecule has 0 aliphatic carbocycles. The molecule has 0 amide bonds. The largest absolute Gasteiger partial charge is 0.470 e. The fraction of sp³-hybridized carbons (Fsp3) is 0.500. The number of phosphoric ester groups is 1. The van der Waals surface area contributed by atoms with E-state index in [9.17, 15) is 14.2 Å². The predicted molar refractivity (Wildman–Crippen MR) is 73.6 cm³/mol. The number of aromatic nitrogens is 4. The molecule has 12 nitrogen and oxygen atoms in total. The number of halogens is 1. The maximum atomic E-state index is 13.1. The molecule has 4 atom stereocenters. The lowest BCUT2D eigenvalue weighted by Crippen LogP contribution is -2.36. The van der Waals surface area contributed by atoms with Crippen molar-refractivity contribution < 1.29 is 38.2 Å². The molecular weight excluding hydrogens is 352 g/mol. The summed E-state index contributed by atoms with van der Waals surface area (Å²) < 4.78 is 35.3. The van der Waals surface area contributed by atoms with Gasteiger partial charge in [-0.05, 0) is 4.53 Å². The fourth-order valence-electron chi connectivity index (χ4n) is 2.52. The Morgan fingerprint density at radius 3 is 2.75 bits per heavy atom. The lowest BCUT2D eigenvalue weighted by molar-refractivity contribution is -0.219. The van der Waals surface area contributed by atoms with Crippen LogP contribution in [0.25, 0.3) is 11.2 Å². The van der Waals surface area contributed by atoms with Crippen molar-refractivity contribution in [3.05, 3.63) is 12.7 Å². The van der Waals surface area contributed by atoms with E-state index in [1.54, 1.807) is 0 Å². The molecule has 2 aromatic heterocycles. The number of anilines is 1. The molecule has 0 saturated carbocycles. The van der Waals surface area contributed by atoms with Gasteiger partial charge in [0.25, 0.3) is 0 Å². The van der Waals surface area contributed by atoms with Gasteiger partial charge in [0, 0.05) is 0 Å². The third-order valence-electron chi connectivity index (χ3n) is 3.49. The minimum atomic E-state index is -4.98. The number of fused-ring (bicyclic) bond motifs is 1. The van der Waals surface area contributed by atoms with Crippen LogP contribution in [-0.2, 0) is 18.8 Å². The number of aliphatic hydroxyl groups is 1. The van der Waals surface area contributed by atoms with Crippen LogP contribution in [0.5, 0.6) is 0 Å². The SMILES string of the molecule is Nc1ncnc2c1ncn2[C@@H]1O[C@H](CO)[C@@H](OP(=O)(O)O)[C@H]1OF. The summed E-state index contributed by atoms with van der Waals surface area (Å²) in [5.41, 5.74) is 6.06. The summed E-state index contributed by atoms with van der Waals surface area (Å²) in [7, 11) is -4.98. The van der Waals surface area contributed by atoms with Crippen molar-refractivity contribution >= 4 is 24.8 Å². The Hall–Kier alpha value is -1.73. The highest BCUT2D eigenvalue weighted by Crippen LogP contribution is 2.45. The van der Waals surface area contributed by atoms with Crippen LogP contribution in [-0.4, -0.2) is 59.3 Å². The van der Waals surface area contributed by atoms with Gasteiger partial charge in [-0.3, -0.25) is 9.09 Å². The van der Waals surface area contributed by atoms with Crippen molar-refractivity contribution in [1.29, 1.82) is 0 Å². The Morgan fingerprint density at radius 2 is 2.12 bits per heavy atom. The Labute approximate surface area is 133 Å². The van der Waals surface area contributed by atoms with Crippen molar-refractivity contribution in [2.24, 2.45) is 0 Å². The summed E-state index contributed by atoms with van der Waals surface area (Å²) in [6.45, 7) is -0.690. The van der Waals surface area contributed by atoms with Gasteiger partial charge in [-0.1, -0.05) is 0 Å². The van der Waals surface area contributed by atoms with E-state index in [-0.39, 0.29) is 17.0 Å². The third-order valence-corrected chi connectivity index (χ3v) is 4.01. The number of nitrogen functional groups attached to an aromatic ring is 1. The van der Waals surface area contributed by atoms with Gasteiger partial charge in [0.15, 0.2) is 23.8 Å². The first-order valence-corrected chi connectivity index (χ1v) is 8.09. The standard InChI is InChI=1S/C10H13FN5O7P/c11-22-7-6(23-24(18,19)20)4(1-17)21-10(7)16-3-15-5-8(12)13-2-14-9(5)16/h2-4,6-7,10,17H,1H2,(H2,12,13,14)(H2,18,19,20)/t4-,6-,7-,10-/m1/s1. The number of nitrogens with zero attached hydrogens (tertiary/aromatic N) is 4. The van der Waals surface area contributed by atoms with Gasteiger partial charge in [0.1, 0.15) is 24.1 Å². The molecule has 2 aromatic rings. The number of ether oxygens (including phenoxy) is 1. The Bertz CT molecular complexity index is 784. The first kappa shape index (κ1) is 17.1. The van der Waals surface area contributed by atoms with Gasteiger partial charge in [-0.25, -0.2) is 19.5 Å². The molecule has 0 bridgehead atoms. The van der Waals surface area contributed by atoms with E-state index < -0.39 is 39.0 Å². The lowest BCUT2D eigenvalue weighted by atomic mass is 10.1. The molecule has 1 saturated heterocycles. The van der Waals surface area contributed by atoms with Crippen LogP contribution in [0.15, 0.2) is 12.7 Å². The topological polar surface area (TPSA) is 175 Å². The average molecular weight is 365 g/mol. The van der Waals surface area contributed by atoms with Gasteiger partial charge in [-0.2, -0.15) is 4.94 Å². The predicted octanol–water partition coefficient (Wildman–Crippen LogP) is -0.954. The lowest BCUT2D eigenvalue weighted by Gasteiger charge is -2.20. The normalized spacial score (nSPS) is 27.8. The molecule has 1 fully saturated rings. The first-order valence-electron chi connectivity index (χ1n) is 6.56. The number of nitrogens with two attached hydrogens (primary N) is 1. The summed E-state index contributed by atoms with van der Waals surface area (Å²) in [6.07, 6.45) is -3.29.